The van der Waals surface area contributed by atoms with Crippen molar-refractivity contribution in [1.82, 2.24) is 14.7 Å². The monoisotopic (exact) mass is 347 g/mol. The molecule has 1 amide bonds. The zero-order valence-electron chi connectivity index (χ0n) is 15.1. The largest absolute Gasteiger partial charge is 0.480 e. The normalized spacial score (nSPS) is 21.0. The smallest absolute Gasteiger partial charge is 0.328 e. The van der Waals surface area contributed by atoms with Gasteiger partial charge in [0.1, 0.15) is 6.04 Å². The first-order chi connectivity index (χ1) is 12.1. The Labute approximate surface area is 149 Å². The van der Waals surface area contributed by atoms with Gasteiger partial charge in [0.25, 0.3) is 5.91 Å². The van der Waals surface area contributed by atoms with Crippen molar-refractivity contribution in [3.63, 3.8) is 0 Å². The number of aromatic nitrogens is 2. The van der Waals surface area contributed by atoms with Gasteiger partial charge < -0.3 is 10.0 Å². The number of hydrogen-bond acceptors (Lipinski definition) is 3. The van der Waals surface area contributed by atoms with Gasteiger partial charge in [-0.1, -0.05) is 38.5 Å². The highest BCUT2D eigenvalue weighted by Gasteiger charge is 2.33. The molecule has 0 aromatic carbocycles. The van der Waals surface area contributed by atoms with Crippen LogP contribution < -0.4 is 0 Å². The number of aliphatic carboxylic acids is 1. The molecule has 1 unspecified atom stereocenters. The van der Waals surface area contributed by atoms with Crippen LogP contribution in [-0.2, 0) is 4.79 Å². The lowest BCUT2D eigenvalue weighted by molar-refractivity contribution is -0.140. The number of hydrogen-bond donors (Lipinski definition) is 1. The highest BCUT2D eigenvalue weighted by atomic mass is 16.4. The number of nitrogens with zero attached hydrogens (tertiary/aromatic N) is 3. The summed E-state index contributed by atoms with van der Waals surface area (Å²) in [6.07, 6.45) is 14.8. The summed E-state index contributed by atoms with van der Waals surface area (Å²) in [6.45, 7) is 1.57. The molecule has 0 saturated heterocycles. The highest BCUT2D eigenvalue weighted by molar-refractivity contribution is 5.94. The molecule has 138 valence electrons. The molecule has 1 atom stereocenters. The highest BCUT2D eigenvalue weighted by Crippen LogP contribution is 2.31. The maximum Gasteiger partial charge on any atom is 0.328 e. The second-order valence-corrected chi connectivity index (χ2v) is 7.52. The third-order valence-electron chi connectivity index (χ3n) is 5.77. The van der Waals surface area contributed by atoms with Crippen molar-refractivity contribution in [2.75, 3.05) is 0 Å². The van der Waals surface area contributed by atoms with Crippen LogP contribution in [0.3, 0.4) is 0 Å². The topological polar surface area (TPSA) is 75.4 Å². The van der Waals surface area contributed by atoms with Gasteiger partial charge in [0.2, 0.25) is 0 Å². The van der Waals surface area contributed by atoms with E-state index in [9.17, 15) is 9.59 Å². The summed E-state index contributed by atoms with van der Waals surface area (Å²) in [5.74, 6) is -0.916. The van der Waals surface area contributed by atoms with Gasteiger partial charge in [0.15, 0.2) is 0 Å². The van der Waals surface area contributed by atoms with Crippen molar-refractivity contribution in [2.45, 2.75) is 89.3 Å². The van der Waals surface area contributed by atoms with E-state index in [1.54, 1.807) is 13.1 Å². The molecule has 0 spiro atoms. The number of carbonyl (C=O) groups excluding carboxylic acids is 1. The van der Waals surface area contributed by atoms with Gasteiger partial charge >= 0.3 is 5.97 Å². The van der Waals surface area contributed by atoms with E-state index < -0.39 is 12.0 Å². The fourth-order valence-electron chi connectivity index (χ4n) is 4.27. The number of carbonyl (C=O) groups is 2. The zero-order chi connectivity index (χ0) is 17.8. The SMILES string of the molecule is CC(C(=O)O)n1cc(C(=O)N(C2CCCCC2)C2CCCCC2)cn1. The zero-order valence-corrected chi connectivity index (χ0v) is 15.1. The third-order valence-corrected chi connectivity index (χ3v) is 5.77. The Hall–Kier alpha value is -1.85. The van der Waals surface area contributed by atoms with E-state index in [2.05, 4.69) is 10.00 Å². The maximum absolute atomic E-state index is 13.3. The van der Waals surface area contributed by atoms with Crippen LogP contribution in [0.4, 0.5) is 0 Å². The van der Waals surface area contributed by atoms with Gasteiger partial charge in [0.05, 0.1) is 11.8 Å². The van der Waals surface area contributed by atoms with Crippen molar-refractivity contribution < 1.29 is 14.7 Å². The van der Waals surface area contributed by atoms with E-state index in [-0.39, 0.29) is 5.91 Å². The average Bonchev–Trinajstić information content (AvgIpc) is 3.13. The van der Waals surface area contributed by atoms with Crippen molar-refractivity contribution in [3.05, 3.63) is 18.0 Å². The van der Waals surface area contributed by atoms with Crippen LogP contribution in [-0.4, -0.2) is 43.7 Å². The number of carboxylic acid groups (broad SMARTS) is 1. The van der Waals surface area contributed by atoms with E-state index in [0.29, 0.717) is 17.6 Å². The van der Waals surface area contributed by atoms with Crippen LogP contribution in [0.15, 0.2) is 12.4 Å². The maximum atomic E-state index is 13.3. The van der Waals surface area contributed by atoms with Crippen LogP contribution in [0.25, 0.3) is 0 Å². The molecule has 2 aliphatic carbocycles. The van der Waals surface area contributed by atoms with E-state index in [1.165, 1.54) is 49.4 Å². The summed E-state index contributed by atoms with van der Waals surface area (Å²) in [5.41, 5.74) is 0.518. The lowest BCUT2D eigenvalue weighted by atomic mass is 9.88. The molecule has 1 heterocycles. The molecular weight excluding hydrogens is 318 g/mol. The second-order valence-electron chi connectivity index (χ2n) is 7.52. The molecule has 3 rings (SSSR count). The molecule has 25 heavy (non-hydrogen) atoms. The Morgan fingerprint density at radius 2 is 1.60 bits per heavy atom. The molecule has 1 aromatic rings. The fraction of sp³-hybridized carbons (Fsp3) is 0.737. The van der Waals surface area contributed by atoms with Crippen molar-refractivity contribution in [2.24, 2.45) is 0 Å². The molecule has 2 fully saturated rings. The van der Waals surface area contributed by atoms with Crippen LogP contribution in [0.2, 0.25) is 0 Å². The lowest BCUT2D eigenvalue weighted by Gasteiger charge is -2.41. The predicted octanol–water partition coefficient (Wildman–Crippen LogP) is 3.64. The Morgan fingerprint density at radius 1 is 1.08 bits per heavy atom. The van der Waals surface area contributed by atoms with Gasteiger partial charge in [-0.15, -0.1) is 0 Å². The molecule has 2 aliphatic rings. The standard InChI is InChI=1S/C19H29N3O3/c1-14(19(24)25)21-13-15(12-20-21)18(23)22(16-8-4-2-5-9-16)17-10-6-3-7-11-17/h12-14,16-17H,2-11H2,1H3,(H,24,25). The number of carboxylic acids is 1. The van der Waals surface area contributed by atoms with Gasteiger partial charge in [-0.05, 0) is 32.6 Å². The Morgan fingerprint density at radius 3 is 2.08 bits per heavy atom. The lowest BCUT2D eigenvalue weighted by Crippen LogP contribution is -2.48. The van der Waals surface area contributed by atoms with E-state index >= 15 is 0 Å². The second kappa shape index (κ2) is 8.02. The molecule has 1 aromatic heterocycles. The van der Waals surface area contributed by atoms with E-state index in [0.717, 1.165) is 25.7 Å². The molecule has 0 radical (unpaired) electrons. The number of amides is 1. The molecule has 6 nitrogen and oxygen atoms in total. The number of rotatable bonds is 5. The molecule has 1 N–H and O–H groups in total. The van der Waals surface area contributed by atoms with Crippen molar-refractivity contribution in [3.8, 4) is 0 Å². The van der Waals surface area contributed by atoms with Gasteiger partial charge in [-0.3, -0.25) is 9.48 Å². The first-order valence-corrected chi connectivity index (χ1v) is 9.67. The fourth-order valence-corrected chi connectivity index (χ4v) is 4.27. The summed E-state index contributed by atoms with van der Waals surface area (Å²) in [6, 6.07) is -0.117. The minimum atomic E-state index is -0.946. The Kier molecular flexibility index (Phi) is 5.76. The Balaban J connectivity index is 1.81. The van der Waals surface area contributed by atoms with Crippen molar-refractivity contribution in [1.29, 1.82) is 0 Å². The molecule has 6 heteroatoms. The minimum absolute atomic E-state index is 0.0302. The summed E-state index contributed by atoms with van der Waals surface area (Å²) in [4.78, 5) is 26.6. The molecule has 0 aliphatic heterocycles. The van der Waals surface area contributed by atoms with Gasteiger partial charge in [-0.2, -0.15) is 5.10 Å². The predicted molar refractivity (Wildman–Crippen MR) is 94.5 cm³/mol. The third kappa shape index (κ3) is 4.05. The summed E-state index contributed by atoms with van der Waals surface area (Å²) < 4.78 is 1.37. The van der Waals surface area contributed by atoms with Crippen LogP contribution in [0.1, 0.15) is 87.5 Å². The average molecular weight is 347 g/mol. The quantitative estimate of drug-likeness (QED) is 0.882. The first-order valence-electron chi connectivity index (χ1n) is 9.67. The van der Waals surface area contributed by atoms with Gasteiger partial charge in [0, 0.05) is 18.3 Å². The van der Waals surface area contributed by atoms with Crippen LogP contribution in [0.5, 0.6) is 0 Å². The molecular formula is C19H29N3O3. The van der Waals surface area contributed by atoms with Crippen LogP contribution >= 0.6 is 0 Å². The summed E-state index contributed by atoms with van der Waals surface area (Å²) in [7, 11) is 0. The summed E-state index contributed by atoms with van der Waals surface area (Å²) in [5, 5.41) is 13.3. The van der Waals surface area contributed by atoms with Crippen LogP contribution in [0, 0.1) is 0 Å². The summed E-state index contributed by atoms with van der Waals surface area (Å²) >= 11 is 0. The Bertz CT molecular complexity index is 583. The van der Waals surface area contributed by atoms with E-state index in [4.69, 9.17) is 5.11 Å². The first kappa shape index (κ1) is 18.0. The molecule has 0 bridgehead atoms. The van der Waals surface area contributed by atoms with Crippen molar-refractivity contribution >= 4 is 11.9 Å². The van der Waals surface area contributed by atoms with E-state index in [1.807, 2.05) is 0 Å². The molecule has 2 saturated carbocycles. The minimum Gasteiger partial charge on any atom is -0.480 e. The van der Waals surface area contributed by atoms with Gasteiger partial charge in [-0.25, -0.2) is 4.79 Å².